The summed E-state index contributed by atoms with van der Waals surface area (Å²) in [5, 5.41) is 24.6. The van der Waals surface area contributed by atoms with Crippen molar-refractivity contribution in [2.45, 2.75) is 64.2 Å². The molecule has 5 heterocycles. The van der Waals surface area contributed by atoms with Crippen LogP contribution in [0, 0.1) is 21.7 Å². The van der Waals surface area contributed by atoms with E-state index in [1.54, 1.807) is 147 Å². The summed E-state index contributed by atoms with van der Waals surface area (Å²) in [5.74, 6) is -2.70. The zero-order valence-corrected chi connectivity index (χ0v) is 83.7. The van der Waals surface area contributed by atoms with Crippen LogP contribution in [0.15, 0.2) is 243 Å². The number of nitrogens with one attached hydrogen (secondary N) is 5. The van der Waals surface area contributed by atoms with Gasteiger partial charge >= 0.3 is 0 Å². The van der Waals surface area contributed by atoms with Gasteiger partial charge in [-0.15, -0.1) is 0 Å². The quantitative estimate of drug-likeness (QED) is 0.0136. The molecule has 0 aromatic heterocycles. The SMILES string of the molecule is CN1CCN(CCCC(=O)c2ccccc2NC(=O)c2c(F)cccc2F)CC1.CN1CCN(CCCC(=O)c2ccccc2NC(=O)c2ccc([N+](=O)[O-])cc2)CC1.CN1CCN(CCCC(=O)c2ccccc2NC(=O)c2ccccc2)CC1.COc1ccc(C(=O)Nc2ccccc2C(=O)CCCN2CCN(C)CC2)cc1.COc1ccccc1C(=O)Nc1ccccc1C(=O)CCCN1CCN(C)CC1. The number of piperazine rings is 5. The van der Waals surface area contributed by atoms with E-state index in [1.807, 2.05) is 60.7 Å². The Morgan fingerprint density at radius 3 is 0.799 bits per heavy atom. The molecule has 5 N–H and O–H groups in total. The Morgan fingerprint density at radius 1 is 0.278 bits per heavy atom. The average Bonchev–Trinajstić information content (AvgIpc) is 0.833. The molecule has 5 aliphatic rings. The zero-order valence-electron chi connectivity index (χ0n) is 83.7. The molecule has 0 bridgehead atoms. The van der Waals surface area contributed by atoms with Crippen LogP contribution in [-0.2, 0) is 0 Å². The van der Waals surface area contributed by atoms with Gasteiger partial charge in [0.2, 0.25) is 0 Å². The van der Waals surface area contributed by atoms with E-state index in [-0.39, 0.29) is 63.6 Å². The molecule has 32 heteroatoms. The standard InChI is InChI=1S/2C23H29N3O3.C22H25F2N3O2.C22H26N4O4.C22H27N3O2/c1-25-14-16-26(17-15-25)13-7-11-21(27)18-8-3-5-10-20(18)24-23(28)19-9-4-6-12-22(19)29-2;1-25-14-16-26(17-15-25)13-5-8-22(27)20-6-3-4-7-21(20)24-23(28)18-9-11-19(29-2)12-10-18;1-26-12-14-27(15-13-26)11-5-10-20(28)16-6-2-3-9-19(16)25-22(29)21-17(23)7-4-8-18(21)24;1-24-13-15-25(16-14-24)12-4-7-21(27)19-5-2-3-6-20(19)23-22(28)17-8-10-18(11-9-17)26(29)30;1-24-14-16-25(17-15-24)13-7-12-21(26)19-10-5-6-11-20(19)23-22(27)18-8-3-2-4-9-18/h3-6,8-10,12H,7,11,13-17H2,1-2H3,(H,24,28);3-4,6-7,9-12H,5,8,13-17H2,1-2H3,(H,24,28);2-4,6-9H,5,10-15H2,1H3,(H,25,29);2-3,5-6,8-11H,4,7,12-16H2,1H3,(H,23,28);2-6,8-11H,7,12-17H2,1H3,(H,23,27). The summed E-state index contributed by atoms with van der Waals surface area (Å²) in [5.41, 5.74) is 5.97. The number of nitrogens with zero attached hydrogens (tertiary/aromatic N) is 11. The molecular weight excluding hydrogens is 1830 g/mol. The summed E-state index contributed by atoms with van der Waals surface area (Å²) < 4.78 is 38.1. The molecular formula is C112H136F2N16O14. The largest absolute Gasteiger partial charge is 0.497 e. The van der Waals surface area contributed by atoms with Gasteiger partial charge in [-0.3, -0.25) is 58.1 Å². The fraction of sp³-hybridized carbons (Fsp3) is 0.375. The summed E-state index contributed by atoms with van der Waals surface area (Å²) in [6, 6.07) is 66.7. The van der Waals surface area contributed by atoms with Gasteiger partial charge in [0.1, 0.15) is 28.7 Å². The van der Waals surface area contributed by atoms with Gasteiger partial charge in [0.05, 0.1) is 53.1 Å². The lowest BCUT2D eigenvalue weighted by Gasteiger charge is -2.32. The summed E-state index contributed by atoms with van der Waals surface area (Å²) >= 11 is 0. The fourth-order valence-corrected chi connectivity index (χ4v) is 17.1. The number of nitro benzene ring substituents is 1. The minimum absolute atomic E-state index is 0.0104. The number of halogens is 2. The van der Waals surface area contributed by atoms with E-state index in [0.717, 1.165) is 201 Å². The van der Waals surface area contributed by atoms with E-state index in [1.165, 1.54) is 37.4 Å². The molecule has 10 aromatic carbocycles. The van der Waals surface area contributed by atoms with E-state index in [9.17, 15) is 66.8 Å². The minimum atomic E-state index is -0.946. The average molecular weight is 1970 g/mol. The van der Waals surface area contributed by atoms with Crippen molar-refractivity contribution < 1.29 is 71.1 Å². The van der Waals surface area contributed by atoms with Crippen molar-refractivity contribution in [2.24, 2.45) is 0 Å². The van der Waals surface area contributed by atoms with Crippen LogP contribution in [0.2, 0.25) is 0 Å². The Kier molecular flexibility index (Phi) is 44.8. The number of para-hydroxylation sites is 6. The summed E-state index contributed by atoms with van der Waals surface area (Å²) in [7, 11) is 13.7. The number of carbonyl (C=O) groups is 10. The number of anilines is 5. The maximum atomic E-state index is 13.9. The Labute approximate surface area is 843 Å². The van der Waals surface area contributed by atoms with E-state index >= 15 is 0 Å². The lowest BCUT2D eigenvalue weighted by molar-refractivity contribution is -0.384. The van der Waals surface area contributed by atoms with Crippen LogP contribution in [0.25, 0.3) is 0 Å². The molecule has 0 aliphatic carbocycles. The number of rotatable bonds is 38. The first-order valence-electron chi connectivity index (χ1n) is 49.4. The van der Waals surface area contributed by atoms with Crippen molar-refractivity contribution in [2.75, 3.05) is 240 Å². The van der Waals surface area contributed by atoms with E-state index in [0.29, 0.717) is 117 Å². The Balaban J connectivity index is 0.000000172. The van der Waals surface area contributed by atoms with Crippen LogP contribution in [0.4, 0.5) is 42.9 Å². The van der Waals surface area contributed by atoms with Crippen LogP contribution in [0.1, 0.15) is 168 Å². The molecule has 5 fully saturated rings. The van der Waals surface area contributed by atoms with E-state index in [2.05, 4.69) is 111 Å². The molecule has 0 atom stereocenters. The van der Waals surface area contributed by atoms with Gasteiger partial charge in [-0.25, -0.2) is 8.78 Å². The fourth-order valence-electron chi connectivity index (χ4n) is 17.1. The predicted octanol–water partition coefficient (Wildman–Crippen LogP) is 15.9. The molecule has 762 valence electrons. The normalized spacial score (nSPS) is 15.2. The highest BCUT2D eigenvalue weighted by molar-refractivity contribution is 6.14. The van der Waals surface area contributed by atoms with Crippen LogP contribution in [0.5, 0.6) is 11.5 Å². The number of hydrogen-bond acceptors (Lipinski definition) is 24. The number of carbonyl (C=O) groups excluding carboxylic acids is 10. The molecule has 144 heavy (non-hydrogen) atoms. The number of methoxy groups -OCH3 is 2. The van der Waals surface area contributed by atoms with Crippen molar-refractivity contribution in [3.63, 3.8) is 0 Å². The second-order valence-electron chi connectivity index (χ2n) is 36.6. The van der Waals surface area contributed by atoms with E-state index in [4.69, 9.17) is 9.47 Å². The van der Waals surface area contributed by atoms with Crippen molar-refractivity contribution >= 4 is 92.6 Å². The van der Waals surface area contributed by atoms with Gasteiger partial charge < -0.3 is 85.1 Å². The highest BCUT2D eigenvalue weighted by atomic mass is 19.1. The van der Waals surface area contributed by atoms with Gasteiger partial charge in [-0.1, -0.05) is 97.1 Å². The topological polar surface area (TPSA) is 325 Å². The first-order valence-corrected chi connectivity index (χ1v) is 49.4. The van der Waals surface area contributed by atoms with Gasteiger partial charge in [0.25, 0.3) is 35.2 Å². The molecule has 0 unspecified atom stereocenters. The Morgan fingerprint density at radius 2 is 0.521 bits per heavy atom. The van der Waals surface area contributed by atoms with Gasteiger partial charge in [0.15, 0.2) is 28.9 Å². The second-order valence-corrected chi connectivity index (χ2v) is 36.6. The zero-order chi connectivity index (χ0) is 103. The van der Waals surface area contributed by atoms with Crippen LogP contribution in [-0.4, -0.2) is 325 Å². The maximum absolute atomic E-state index is 13.9. The van der Waals surface area contributed by atoms with Crippen molar-refractivity contribution in [1.82, 2.24) is 49.0 Å². The van der Waals surface area contributed by atoms with Crippen molar-refractivity contribution in [3.8, 4) is 11.5 Å². The number of amides is 5. The first-order chi connectivity index (χ1) is 69.7. The number of Topliss-reactive ketones (excluding diaryl/α,β-unsaturated/α-hetero) is 5. The molecule has 5 amide bonds. The highest BCUT2D eigenvalue weighted by Crippen LogP contribution is 2.29. The van der Waals surface area contributed by atoms with Crippen molar-refractivity contribution in [1.29, 1.82) is 0 Å². The molecule has 30 nitrogen and oxygen atoms in total. The summed E-state index contributed by atoms with van der Waals surface area (Å²) in [4.78, 5) is 160. The van der Waals surface area contributed by atoms with Crippen LogP contribution >= 0.6 is 0 Å². The number of ketones is 5. The molecule has 10 aromatic rings. The van der Waals surface area contributed by atoms with Crippen LogP contribution in [0.3, 0.4) is 0 Å². The molecule has 0 spiro atoms. The highest BCUT2D eigenvalue weighted by Gasteiger charge is 2.27. The second kappa shape index (κ2) is 58.2. The number of likely N-dealkylation sites (N-methyl/N-ethyl adjacent to an activating group) is 5. The Hall–Kier alpha value is -13.6. The third-order valence-corrected chi connectivity index (χ3v) is 26.0. The molecule has 0 radical (unpaired) electrons. The van der Waals surface area contributed by atoms with Crippen molar-refractivity contribution in [3.05, 3.63) is 320 Å². The molecule has 15 rings (SSSR count). The van der Waals surface area contributed by atoms with Gasteiger partial charge in [-0.2, -0.15) is 0 Å². The predicted molar refractivity (Wildman–Crippen MR) is 561 cm³/mol. The lowest BCUT2D eigenvalue weighted by Crippen LogP contribution is -2.44. The van der Waals surface area contributed by atoms with E-state index < -0.39 is 33.9 Å². The molecule has 5 aliphatic heterocycles. The Bertz CT molecular complexity index is 5860. The smallest absolute Gasteiger partial charge is 0.269 e. The molecule has 5 saturated heterocycles. The van der Waals surface area contributed by atoms with Gasteiger partial charge in [-0.05, 0) is 234 Å². The third kappa shape index (κ3) is 35.4. The maximum Gasteiger partial charge on any atom is 0.269 e. The number of nitro groups is 1. The number of non-ortho nitro benzene ring substituents is 1. The number of benzene rings is 10. The minimum Gasteiger partial charge on any atom is -0.497 e. The first kappa shape index (κ1) is 111. The molecule has 0 saturated carbocycles. The number of ether oxygens (including phenoxy) is 2. The third-order valence-electron chi connectivity index (χ3n) is 26.0. The summed E-state index contributed by atoms with van der Waals surface area (Å²) in [6.07, 6.45) is 6.15. The van der Waals surface area contributed by atoms with Crippen LogP contribution < -0.4 is 36.1 Å². The van der Waals surface area contributed by atoms with Gasteiger partial charge in [0, 0.05) is 220 Å². The number of hydrogen-bond donors (Lipinski definition) is 5. The monoisotopic (exact) mass is 1970 g/mol. The summed E-state index contributed by atoms with van der Waals surface area (Å²) in [6.45, 7) is 25.5. The lowest BCUT2D eigenvalue weighted by atomic mass is 10.0.